The highest BCUT2D eigenvalue weighted by Gasteiger charge is 2.35. The third kappa shape index (κ3) is 2.37. The number of carbonyl (C=O) groups is 1. The van der Waals surface area contributed by atoms with Crippen molar-refractivity contribution >= 4 is 5.91 Å². The lowest BCUT2D eigenvalue weighted by Crippen LogP contribution is -2.43. The molecule has 0 aliphatic carbocycles. The highest BCUT2D eigenvalue weighted by Crippen LogP contribution is 2.27. The second-order valence-corrected chi connectivity index (χ2v) is 5.70. The van der Waals surface area contributed by atoms with Gasteiger partial charge in [-0.1, -0.05) is 11.6 Å². The molecular weight excluding hydrogens is 243 g/mol. The molecule has 1 amide bonds. The molecule has 4 heteroatoms. The summed E-state index contributed by atoms with van der Waals surface area (Å²) in [5.74, 6) is 0.644. The number of aryl methyl sites for hydroxylation is 1. The standard InChI is InChI=1S/C15H19FN2O/c1-10-2-3-14(16)13(6-10)15(19)18-5-4-11-7-17-8-12(11)9-18/h2-3,6,11-12,17H,4-5,7-9H2,1H3. The number of nitrogens with one attached hydrogen (secondary N) is 1. The van der Waals surface area contributed by atoms with E-state index < -0.39 is 5.82 Å². The van der Waals surface area contributed by atoms with E-state index in [-0.39, 0.29) is 11.5 Å². The summed E-state index contributed by atoms with van der Waals surface area (Å²) < 4.78 is 13.8. The number of nitrogens with zero attached hydrogens (tertiary/aromatic N) is 1. The summed E-state index contributed by atoms with van der Waals surface area (Å²) in [4.78, 5) is 14.2. The number of halogens is 1. The predicted molar refractivity (Wildman–Crippen MR) is 71.5 cm³/mol. The Kier molecular flexibility index (Phi) is 3.27. The van der Waals surface area contributed by atoms with E-state index in [1.165, 1.54) is 6.07 Å². The van der Waals surface area contributed by atoms with Gasteiger partial charge in [0.15, 0.2) is 0 Å². The normalized spacial score (nSPS) is 26.3. The van der Waals surface area contributed by atoms with E-state index in [1.807, 2.05) is 11.8 Å². The smallest absolute Gasteiger partial charge is 0.256 e. The molecule has 0 spiro atoms. The van der Waals surface area contributed by atoms with Gasteiger partial charge in [0.1, 0.15) is 5.82 Å². The summed E-state index contributed by atoms with van der Waals surface area (Å²) in [6.07, 6.45) is 1.02. The highest BCUT2D eigenvalue weighted by atomic mass is 19.1. The molecule has 2 unspecified atom stereocenters. The number of amides is 1. The van der Waals surface area contributed by atoms with Gasteiger partial charge in [-0.3, -0.25) is 4.79 Å². The molecule has 3 nitrogen and oxygen atoms in total. The molecule has 2 aliphatic heterocycles. The summed E-state index contributed by atoms with van der Waals surface area (Å²) in [6.45, 7) is 5.42. The second-order valence-electron chi connectivity index (χ2n) is 5.70. The molecule has 1 aromatic rings. The largest absolute Gasteiger partial charge is 0.338 e. The lowest BCUT2D eigenvalue weighted by Gasteiger charge is -2.34. The fraction of sp³-hybridized carbons (Fsp3) is 0.533. The van der Waals surface area contributed by atoms with Crippen molar-refractivity contribution in [3.8, 4) is 0 Å². The first-order chi connectivity index (χ1) is 9.15. The van der Waals surface area contributed by atoms with Crippen molar-refractivity contribution < 1.29 is 9.18 Å². The Hall–Kier alpha value is -1.42. The van der Waals surface area contributed by atoms with Gasteiger partial charge in [0.2, 0.25) is 0 Å². The van der Waals surface area contributed by atoms with Crippen molar-refractivity contribution in [3.05, 3.63) is 35.1 Å². The maximum Gasteiger partial charge on any atom is 0.256 e. The lowest BCUT2D eigenvalue weighted by atomic mass is 9.88. The first-order valence-corrected chi connectivity index (χ1v) is 6.91. The van der Waals surface area contributed by atoms with E-state index in [9.17, 15) is 9.18 Å². The van der Waals surface area contributed by atoms with Crippen LogP contribution in [-0.4, -0.2) is 37.0 Å². The third-order valence-corrected chi connectivity index (χ3v) is 4.34. The van der Waals surface area contributed by atoms with E-state index in [0.717, 1.165) is 38.2 Å². The van der Waals surface area contributed by atoms with Crippen molar-refractivity contribution in [2.75, 3.05) is 26.2 Å². The van der Waals surface area contributed by atoms with Crippen LogP contribution in [0.25, 0.3) is 0 Å². The molecule has 19 heavy (non-hydrogen) atoms. The number of hydrogen-bond acceptors (Lipinski definition) is 2. The summed E-state index contributed by atoms with van der Waals surface area (Å²) >= 11 is 0. The number of carbonyl (C=O) groups excluding carboxylic acids is 1. The van der Waals surface area contributed by atoms with Gasteiger partial charge in [0.05, 0.1) is 5.56 Å². The first-order valence-electron chi connectivity index (χ1n) is 6.91. The van der Waals surface area contributed by atoms with Gasteiger partial charge in [0.25, 0.3) is 5.91 Å². The zero-order valence-corrected chi connectivity index (χ0v) is 11.2. The molecule has 0 saturated carbocycles. The van der Waals surface area contributed by atoms with Crippen molar-refractivity contribution in [1.82, 2.24) is 10.2 Å². The van der Waals surface area contributed by atoms with Crippen LogP contribution in [0.15, 0.2) is 18.2 Å². The monoisotopic (exact) mass is 262 g/mol. The first kappa shape index (κ1) is 12.6. The summed E-state index contributed by atoms with van der Waals surface area (Å²) in [7, 11) is 0. The molecule has 3 rings (SSSR count). The highest BCUT2D eigenvalue weighted by molar-refractivity contribution is 5.94. The van der Waals surface area contributed by atoms with E-state index in [1.54, 1.807) is 12.1 Å². The van der Waals surface area contributed by atoms with Gasteiger partial charge in [-0.05, 0) is 50.4 Å². The fourth-order valence-corrected chi connectivity index (χ4v) is 3.19. The van der Waals surface area contributed by atoms with Crippen molar-refractivity contribution in [1.29, 1.82) is 0 Å². The van der Waals surface area contributed by atoms with Crippen molar-refractivity contribution in [3.63, 3.8) is 0 Å². The second kappa shape index (κ2) is 4.93. The van der Waals surface area contributed by atoms with Gasteiger partial charge in [0, 0.05) is 13.1 Å². The van der Waals surface area contributed by atoms with Crippen molar-refractivity contribution in [2.45, 2.75) is 13.3 Å². The average Bonchev–Trinajstić information content (AvgIpc) is 2.88. The van der Waals surface area contributed by atoms with Gasteiger partial charge in [-0.2, -0.15) is 0 Å². The average molecular weight is 262 g/mol. The SMILES string of the molecule is Cc1ccc(F)c(C(=O)N2CCC3CNCC3C2)c1. The fourth-order valence-electron chi connectivity index (χ4n) is 3.19. The number of likely N-dealkylation sites (tertiary alicyclic amines) is 1. The Bertz CT molecular complexity index is 503. The van der Waals surface area contributed by atoms with Gasteiger partial charge >= 0.3 is 0 Å². The summed E-state index contributed by atoms with van der Waals surface area (Å²) in [5.41, 5.74) is 1.13. The maximum atomic E-state index is 13.8. The van der Waals surface area contributed by atoms with Crippen LogP contribution in [0.1, 0.15) is 22.3 Å². The van der Waals surface area contributed by atoms with Crippen LogP contribution < -0.4 is 5.32 Å². The Morgan fingerprint density at radius 2 is 2.16 bits per heavy atom. The van der Waals surface area contributed by atoms with Gasteiger partial charge in [-0.25, -0.2) is 4.39 Å². The number of fused-ring (bicyclic) bond motifs is 1. The molecule has 2 aliphatic rings. The molecule has 2 heterocycles. The molecular formula is C15H19FN2O. The molecule has 2 saturated heterocycles. The van der Waals surface area contributed by atoms with E-state index >= 15 is 0 Å². The summed E-state index contributed by atoms with van der Waals surface area (Å²) in [5, 5.41) is 3.37. The van der Waals surface area contributed by atoms with E-state index in [2.05, 4.69) is 5.32 Å². The molecule has 102 valence electrons. The number of hydrogen-bond donors (Lipinski definition) is 1. The molecule has 0 radical (unpaired) electrons. The maximum absolute atomic E-state index is 13.8. The molecule has 1 aromatic carbocycles. The molecule has 2 atom stereocenters. The van der Waals surface area contributed by atoms with Crippen LogP contribution >= 0.6 is 0 Å². The Morgan fingerprint density at radius 3 is 3.00 bits per heavy atom. The van der Waals surface area contributed by atoms with Crippen LogP contribution in [0.4, 0.5) is 4.39 Å². The van der Waals surface area contributed by atoms with Crippen LogP contribution in [0, 0.1) is 24.6 Å². The molecule has 0 bridgehead atoms. The molecule has 1 N–H and O–H groups in total. The van der Waals surface area contributed by atoms with Gasteiger partial charge in [-0.15, -0.1) is 0 Å². The topological polar surface area (TPSA) is 32.3 Å². The molecule has 0 aromatic heterocycles. The Morgan fingerprint density at radius 1 is 1.37 bits per heavy atom. The van der Waals surface area contributed by atoms with E-state index in [0.29, 0.717) is 11.8 Å². The number of rotatable bonds is 1. The lowest BCUT2D eigenvalue weighted by molar-refractivity contribution is 0.0637. The predicted octanol–water partition coefficient (Wildman–Crippen LogP) is 1.82. The minimum absolute atomic E-state index is 0.161. The quantitative estimate of drug-likeness (QED) is 0.837. The van der Waals surface area contributed by atoms with Crippen LogP contribution in [0.2, 0.25) is 0 Å². The third-order valence-electron chi connectivity index (χ3n) is 4.34. The van der Waals surface area contributed by atoms with Crippen LogP contribution in [0.3, 0.4) is 0 Å². The Labute approximate surface area is 112 Å². The van der Waals surface area contributed by atoms with Gasteiger partial charge < -0.3 is 10.2 Å². The van der Waals surface area contributed by atoms with E-state index in [4.69, 9.17) is 0 Å². The molecule has 2 fully saturated rings. The number of piperidine rings is 1. The minimum atomic E-state index is -0.415. The zero-order chi connectivity index (χ0) is 13.4. The summed E-state index contributed by atoms with van der Waals surface area (Å²) in [6, 6.07) is 4.72. The Balaban J connectivity index is 1.78. The van der Waals surface area contributed by atoms with Crippen LogP contribution in [0.5, 0.6) is 0 Å². The van der Waals surface area contributed by atoms with Crippen molar-refractivity contribution in [2.24, 2.45) is 11.8 Å². The minimum Gasteiger partial charge on any atom is -0.338 e. The van der Waals surface area contributed by atoms with Crippen LogP contribution in [-0.2, 0) is 0 Å². The number of benzene rings is 1. The zero-order valence-electron chi connectivity index (χ0n) is 11.2.